The van der Waals surface area contributed by atoms with E-state index in [0.29, 0.717) is 60.3 Å². The summed E-state index contributed by atoms with van der Waals surface area (Å²) in [5.41, 5.74) is 11.1. The zero-order chi connectivity index (χ0) is 61.6. The number of benzene rings is 10. The third kappa shape index (κ3) is 9.42. The summed E-state index contributed by atoms with van der Waals surface area (Å²) >= 11 is 0. The highest BCUT2D eigenvalue weighted by Gasteiger charge is 2.38. The molecule has 2 amide bonds. The van der Waals surface area contributed by atoms with E-state index in [-0.39, 0.29) is 50.8 Å². The Morgan fingerprint density at radius 2 is 0.828 bits per heavy atom. The fourth-order valence-electron chi connectivity index (χ4n) is 13.4. The van der Waals surface area contributed by atoms with E-state index in [1.165, 1.54) is 4.90 Å². The minimum atomic E-state index is -3.24. The Morgan fingerprint density at radius 3 is 1.23 bits per heavy atom. The number of aromatic nitrogens is 2. The van der Waals surface area contributed by atoms with Crippen LogP contribution < -0.4 is 10.9 Å². The van der Waals surface area contributed by atoms with Gasteiger partial charge in [-0.2, -0.15) is 0 Å². The van der Waals surface area contributed by atoms with Crippen molar-refractivity contribution in [2.75, 3.05) is 6.54 Å². The Morgan fingerprint density at radius 1 is 0.437 bits per heavy atom. The van der Waals surface area contributed by atoms with Crippen molar-refractivity contribution < 1.29 is 18.2 Å². The van der Waals surface area contributed by atoms with E-state index in [9.17, 15) is 0 Å². The lowest BCUT2D eigenvalue weighted by Gasteiger charge is -2.32. The van der Waals surface area contributed by atoms with Crippen LogP contribution in [0.15, 0.2) is 163 Å². The summed E-state index contributed by atoms with van der Waals surface area (Å²) in [6.45, 7) is 28.5. The number of amides is 2. The second-order valence-corrected chi connectivity index (χ2v) is 28.2. The summed E-state index contributed by atoms with van der Waals surface area (Å²) in [7, 11) is -3.24. The first kappa shape index (κ1) is 57.3. The van der Waals surface area contributed by atoms with Gasteiger partial charge in [-0.05, 0) is 159 Å². The van der Waals surface area contributed by atoms with Crippen molar-refractivity contribution in [3.8, 4) is 44.5 Å². The number of nitrogens with zero attached hydrogens (tertiary/aromatic N) is 3. The predicted molar refractivity (Wildman–Crippen MR) is 360 cm³/mol. The lowest BCUT2D eigenvalue weighted by atomic mass is 9.75. The van der Waals surface area contributed by atoms with Gasteiger partial charge in [-0.15, -0.1) is 0 Å². The quantitative estimate of drug-likeness (QED) is 0.0625. The van der Waals surface area contributed by atoms with E-state index < -0.39 is 13.0 Å². The zero-order valence-corrected chi connectivity index (χ0v) is 52.1. The van der Waals surface area contributed by atoms with E-state index in [1.54, 1.807) is 6.08 Å². The second-order valence-electron chi connectivity index (χ2n) is 28.2. The van der Waals surface area contributed by atoms with Crippen LogP contribution in [0.4, 0.5) is 8.63 Å². The van der Waals surface area contributed by atoms with Crippen molar-refractivity contribution in [3.05, 3.63) is 213 Å². The van der Waals surface area contributed by atoms with Crippen molar-refractivity contribution in [1.29, 1.82) is 0 Å². The molecule has 10 aromatic carbocycles. The first-order chi connectivity index (χ1) is 41.2. The van der Waals surface area contributed by atoms with Gasteiger partial charge < -0.3 is 0 Å². The molecule has 9 heteroatoms. The standard InChI is InChI=1S/C78H72BF2N3O3/c1-14-15-38-83-72(85)59-41-55(45-22-31-50(32-23-45)76(5,6)7)68-66-54(44-20-29-49(30-21-44)75(2,3)4)40-58-63(39-53-37-28-48-18-16-17-19-62(48)82-53)84(79(80)81)74(87)61-43-57(47-26-35-52(36-27-47)78(11,12)13)67(70(66)64(58)61)69-56(42-60(73(83)86)65(59)71(68)69)46-24-33-51(34-25-46)77(8,9)10/h16-37,39-43H,14-15,38H2,1-13H3/b63-39+. The molecule has 12 aromatic rings. The average molecular weight is 1150 g/mol. The normalized spacial score (nSPS) is 13.7. The molecule has 13 rings (SSSR count). The van der Waals surface area contributed by atoms with Crippen LogP contribution in [0.3, 0.4) is 0 Å². The number of imide groups is 1. The maximum atomic E-state index is 16.5. The van der Waals surface area contributed by atoms with Crippen LogP contribution in [0.1, 0.15) is 152 Å². The summed E-state index contributed by atoms with van der Waals surface area (Å²) < 4.78 is 33.7. The van der Waals surface area contributed by atoms with Gasteiger partial charge in [0.15, 0.2) is 0 Å². The number of hydrogen-bond acceptors (Lipinski definition) is 4. The topological polar surface area (TPSA) is 72.3 Å². The van der Waals surface area contributed by atoms with E-state index in [0.717, 1.165) is 99.9 Å². The molecule has 0 atom stereocenters. The zero-order valence-electron chi connectivity index (χ0n) is 52.1. The van der Waals surface area contributed by atoms with Gasteiger partial charge >= 0.3 is 7.40 Å². The number of fused-ring (bicyclic) bond motifs is 3. The number of carbonyl (C=O) groups excluding carboxylic acids is 2. The summed E-state index contributed by atoms with van der Waals surface area (Å²) in [4.78, 5) is 53.6. The van der Waals surface area contributed by atoms with Gasteiger partial charge in [-0.25, -0.2) is 4.98 Å². The van der Waals surface area contributed by atoms with Crippen LogP contribution in [0, 0.1) is 0 Å². The van der Waals surface area contributed by atoms with Gasteiger partial charge in [-0.3, -0.25) is 32.4 Å². The highest BCUT2D eigenvalue weighted by Crippen LogP contribution is 2.56. The predicted octanol–water partition coefficient (Wildman–Crippen LogP) is 19.2. The maximum absolute atomic E-state index is 16.5. The smallest absolute Gasteiger partial charge is 0.291 e. The Kier molecular flexibility index (Phi) is 13.4. The van der Waals surface area contributed by atoms with Gasteiger partial charge in [0.2, 0.25) is 0 Å². The van der Waals surface area contributed by atoms with Crippen molar-refractivity contribution in [2.45, 2.75) is 125 Å². The molecule has 1 aliphatic rings. The van der Waals surface area contributed by atoms with E-state index in [1.807, 2.05) is 60.7 Å². The molecule has 0 fully saturated rings. The number of pyridine rings is 2. The number of rotatable bonds is 9. The van der Waals surface area contributed by atoms with Crippen LogP contribution in [-0.4, -0.2) is 40.1 Å². The van der Waals surface area contributed by atoms with Crippen LogP contribution in [-0.2, 0) is 21.7 Å². The number of carbonyl (C=O) groups is 2. The molecule has 434 valence electrons. The van der Waals surface area contributed by atoms with Crippen LogP contribution in [0.5, 0.6) is 0 Å². The average Bonchev–Trinajstić information content (AvgIpc) is 0.674. The number of para-hydroxylation sites is 1. The number of halogens is 2. The fraction of sp³-hybridized carbons (Fsp3) is 0.256. The molecule has 0 unspecified atom stereocenters. The molecule has 0 saturated heterocycles. The molecular weight excluding hydrogens is 1080 g/mol. The molecule has 0 aliphatic carbocycles. The molecule has 3 heterocycles. The van der Waals surface area contributed by atoms with Gasteiger partial charge in [0.25, 0.3) is 17.4 Å². The first-order valence-electron chi connectivity index (χ1n) is 30.6. The largest absolute Gasteiger partial charge is 0.680 e. The second kappa shape index (κ2) is 20.4. The summed E-state index contributed by atoms with van der Waals surface area (Å²) in [5.74, 6) is -0.704. The third-order valence-electron chi connectivity index (χ3n) is 18.3. The molecule has 2 aromatic heterocycles. The van der Waals surface area contributed by atoms with Crippen LogP contribution in [0.25, 0.3) is 115 Å². The van der Waals surface area contributed by atoms with Crippen molar-refractivity contribution >= 4 is 90.1 Å². The molecule has 6 nitrogen and oxygen atoms in total. The van der Waals surface area contributed by atoms with Crippen LogP contribution >= 0.6 is 0 Å². The molecule has 0 radical (unpaired) electrons. The van der Waals surface area contributed by atoms with Gasteiger partial charge in [0.05, 0.1) is 11.2 Å². The third-order valence-corrected chi connectivity index (χ3v) is 18.3. The Balaban J connectivity index is 1.36. The highest BCUT2D eigenvalue weighted by atomic mass is 19.2. The fourth-order valence-corrected chi connectivity index (χ4v) is 13.4. The monoisotopic (exact) mass is 1150 g/mol. The van der Waals surface area contributed by atoms with Crippen molar-refractivity contribution in [3.63, 3.8) is 0 Å². The lowest BCUT2D eigenvalue weighted by Crippen LogP contribution is -2.41. The van der Waals surface area contributed by atoms with E-state index in [4.69, 9.17) is 4.98 Å². The Labute approximate surface area is 508 Å². The first-order valence-corrected chi connectivity index (χ1v) is 30.6. The van der Waals surface area contributed by atoms with Crippen molar-refractivity contribution in [1.82, 2.24) is 14.4 Å². The summed E-state index contributed by atoms with van der Waals surface area (Å²) in [5, 5.41) is 7.17. The highest BCUT2D eigenvalue weighted by molar-refractivity contribution is 6.48. The molecule has 0 N–H and O–H groups in total. The maximum Gasteiger partial charge on any atom is 0.680 e. The molecule has 0 saturated carbocycles. The van der Waals surface area contributed by atoms with E-state index in [2.05, 4.69) is 187 Å². The minimum absolute atomic E-state index is 0.0213. The Hall–Kier alpha value is -8.82. The molecule has 0 spiro atoms. The van der Waals surface area contributed by atoms with Gasteiger partial charge in [0.1, 0.15) is 0 Å². The van der Waals surface area contributed by atoms with Crippen molar-refractivity contribution in [2.24, 2.45) is 0 Å². The van der Waals surface area contributed by atoms with Crippen LogP contribution in [0.2, 0.25) is 0 Å². The molecule has 87 heavy (non-hydrogen) atoms. The SMILES string of the molecule is CCCCN1C(=O)c2cc(-c3ccc(C(C)(C)C)cc3)c3c4c(-c5ccc(C(C)(C)C)cc5)cc5c(=O)n(B(F)F)/c(=C/c6ccc7ccccc7n6)c6cc(-c7ccc(C(C)(C)C)cc7)c(c7c(-c8ccc(C(C)(C)C)cc8)cc(c2c37)C1=O)c4c56. The summed E-state index contributed by atoms with van der Waals surface area (Å²) in [6.07, 6.45) is 3.05. The van der Waals surface area contributed by atoms with E-state index >= 15 is 23.0 Å². The van der Waals surface area contributed by atoms with Gasteiger partial charge in [-0.1, -0.05) is 218 Å². The molecular formula is C78H72BF2N3O3. The number of unbranched alkanes of at least 4 members (excludes halogenated alkanes) is 1. The Bertz CT molecular complexity index is 4810. The van der Waals surface area contributed by atoms with Gasteiger partial charge in [0, 0.05) is 60.7 Å². The minimum Gasteiger partial charge on any atom is -0.291 e. The molecule has 1 aliphatic heterocycles. The summed E-state index contributed by atoms with van der Waals surface area (Å²) in [6, 6.07) is 53.3. The lowest BCUT2D eigenvalue weighted by molar-refractivity contribution is 0.0608. The number of hydrogen-bond donors (Lipinski definition) is 0. The molecule has 0 bridgehead atoms.